The summed E-state index contributed by atoms with van der Waals surface area (Å²) in [6, 6.07) is 10.9. The Morgan fingerprint density at radius 2 is 1.91 bits per heavy atom. The first-order valence-electron chi connectivity index (χ1n) is 7.11. The van der Waals surface area contributed by atoms with Crippen LogP contribution in [0.25, 0.3) is 22.5 Å². The summed E-state index contributed by atoms with van der Waals surface area (Å²) in [4.78, 5) is 32.5. The van der Waals surface area contributed by atoms with E-state index in [2.05, 4.69) is 9.97 Å². The van der Waals surface area contributed by atoms with E-state index in [0.717, 1.165) is 11.3 Å². The molecule has 0 amide bonds. The highest BCUT2D eigenvalue weighted by atomic mass is 16.1. The molecule has 23 heavy (non-hydrogen) atoms. The molecule has 0 radical (unpaired) electrons. The van der Waals surface area contributed by atoms with Gasteiger partial charge in [-0.25, -0.2) is 9.97 Å². The summed E-state index contributed by atoms with van der Waals surface area (Å²) in [5, 5.41) is 0. The summed E-state index contributed by atoms with van der Waals surface area (Å²) in [6.07, 6.45) is 3.96. The fourth-order valence-corrected chi connectivity index (χ4v) is 2.76. The second kappa shape index (κ2) is 4.88. The van der Waals surface area contributed by atoms with E-state index < -0.39 is 0 Å². The van der Waals surface area contributed by atoms with Crippen LogP contribution in [0.3, 0.4) is 0 Å². The summed E-state index contributed by atoms with van der Waals surface area (Å²) < 4.78 is 3.20. The van der Waals surface area contributed by atoms with E-state index in [1.807, 2.05) is 31.2 Å². The van der Waals surface area contributed by atoms with Gasteiger partial charge in [0.2, 0.25) is 5.65 Å². The molecule has 0 spiro atoms. The topological polar surface area (TPSA) is 69.3 Å². The van der Waals surface area contributed by atoms with Crippen LogP contribution in [0.5, 0.6) is 0 Å². The van der Waals surface area contributed by atoms with Crippen LogP contribution < -0.4 is 5.56 Å². The molecule has 0 aliphatic heterocycles. The Bertz CT molecular complexity index is 1120. The molecular formula is C17H12N4O2. The Kier molecular flexibility index (Phi) is 2.84. The number of aryl methyl sites for hydroxylation is 1. The number of hydrogen-bond donors (Lipinski definition) is 0. The number of aromatic nitrogens is 4. The molecular weight excluding hydrogens is 292 g/mol. The number of aldehydes is 1. The number of carbonyl (C=O) groups excluding carboxylic acids is 1. The largest absolute Gasteiger partial charge is 0.300 e. The molecule has 4 aromatic rings. The van der Waals surface area contributed by atoms with Crippen LogP contribution in [0.15, 0.2) is 53.6 Å². The molecule has 0 unspecified atom stereocenters. The highest BCUT2D eigenvalue weighted by molar-refractivity contribution is 5.82. The molecule has 3 aromatic heterocycles. The van der Waals surface area contributed by atoms with Crippen molar-refractivity contribution in [1.82, 2.24) is 18.9 Å². The summed E-state index contributed by atoms with van der Waals surface area (Å²) in [5.74, 6) is 0. The molecule has 0 bridgehead atoms. The minimum atomic E-state index is -0.271. The van der Waals surface area contributed by atoms with Gasteiger partial charge in [-0.1, -0.05) is 18.2 Å². The summed E-state index contributed by atoms with van der Waals surface area (Å²) in [6.45, 7) is 1.92. The van der Waals surface area contributed by atoms with Gasteiger partial charge in [0.05, 0.1) is 11.2 Å². The van der Waals surface area contributed by atoms with Crippen LogP contribution in [0, 0.1) is 6.92 Å². The Morgan fingerprint density at radius 1 is 1.09 bits per heavy atom. The first-order chi connectivity index (χ1) is 11.2. The van der Waals surface area contributed by atoms with E-state index in [1.54, 1.807) is 28.9 Å². The van der Waals surface area contributed by atoms with Crippen LogP contribution in [0.2, 0.25) is 0 Å². The van der Waals surface area contributed by atoms with Crippen molar-refractivity contribution in [2.24, 2.45) is 0 Å². The number of nitrogens with zero attached hydrogens (tertiary/aromatic N) is 4. The van der Waals surface area contributed by atoms with E-state index >= 15 is 0 Å². The van der Waals surface area contributed by atoms with Gasteiger partial charge in [-0.2, -0.15) is 0 Å². The normalized spacial score (nSPS) is 11.2. The molecule has 0 N–H and O–H groups in total. The molecule has 112 valence electrons. The maximum absolute atomic E-state index is 12.9. The molecule has 0 saturated carbocycles. The van der Waals surface area contributed by atoms with Gasteiger partial charge >= 0.3 is 0 Å². The fraction of sp³-hybridized carbons (Fsp3) is 0.0588. The van der Waals surface area contributed by atoms with Crippen LogP contribution in [0.4, 0.5) is 0 Å². The van der Waals surface area contributed by atoms with Crippen LogP contribution in [-0.2, 0) is 0 Å². The Balaban J connectivity index is 2.28. The monoisotopic (exact) mass is 304 g/mol. The Hall–Kier alpha value is -3.28. The van der Waals surface area contributed by atoms with E-state index in [0.29, 0.717) is 23.1 Å². The highest BCUT2D eigenvalue weighted by Crippen LogP contribution is 2.19. The van der Waals surface area contributed by atoms with Crippen molar-refractivity contribution in [2.75, 3.05) is 0 Å². The molecule has 0 aliphatic carbocycles. The Morgan fingerprint density at radius 3 is 2.70 bits per heavy atom. The number of hydrogen-bond acceptors (Lipinski definition) is 4. The molecule has 3 heterocycles. The molecule has 0 fully saturated rings. The van der Waals surface area contributed by atoms with Gasteiger partial charge in [-0.15, -0.1) is 0 Å². The lowest BCUT2D eigenvalue weighted by Gasteiger charge is -2.13. The number of carbonyl (C=O) groups is 1. The predicted octanol–water partition coefficient (Wildman–Crippen LogP) is 2.15. The summed E-state index contributed by atoms with van der Waals surface area (Å²) in [5.41, 5.74) is 3.13. The van der Waals surface area contributed by atoms with E-state index in [-0.39, 0.29) is 11.3 Å². The van der Waals surface area contributed by atoms with Gasteiger partial charge in [0, 0.05) is 12.4 Å². The first-order valence-corrected chi connectivity index (χ1v) is 7.11. The average molecular weight is 304 g/mol. The first kappa shape index (κ1) is 13.4. The minimum Gasteiger partial charge on any atom is -0.296 e. The van der Waals surface area contributed by atoms with Crippen LogP contribution in [0.1, 0.15) is 16.1 Å². The molecule has 4 rings (SSSR count). The zero-order valence-electron chi connectivity index (χ0n) is 12.3. The van der Waals surface area contributed by atoms with Gasteiger partial charge in [0.15, 0.2) is 11.9 Å². The summed E-state index contributed by atoms with van der Waals surface area (Å²) >= 11 is 0. The van der Waals surface area contributed by atoms with Crippen molar-refractivity contribution in [3.8, 4) is 5.69 Å². The Labute approximate surface area is 130 Å². The maximum Gasteiger partial charge on any atom is 0.300 e. The zero-order chi connectivity index (χ0) is 16.0. The minimum absolute atomic E-state index is 0.271. The number of pyridine rings is 1. The lowest BCUT2D eigenvalue weighted by molar-refractivity contribution is 0.111. The van der Waals surface area contributed by atoms with Gasteiger partial charge in [-0.05, 0) is 30.7 Å². The van der Waals surface area contributed by atoms with Crippen molar-refractivity contribution in [2.45, 2.75) is 6.92 Å². The highest BCUT2D eigenvalue weighted by Gasteiger charge is 2.15. The average Bonchev–Trinajstić information content (AvgIpc) is 3.06. The second-order valence-electron chi connectivity index (χ2n) is 5.24. The van der Waals surface area contributed by atoms with E-state index in [9.17, 15) is 9.59 Å². The summed E-state index contributed by atoms with van der Waals surface area (Å²) in [7, 11) is 0. The number of imidazole rings is 1. The molecule has 0 aliphatic rings. The van der Waals surface area contributed by atoms with Crippen molar-refractivity contribution in [3.05, 3.63) is 70.4 Å². The predicted molar refractivity (Wildman–Crippen MR) is 86.2 cm³/mol. The quantitative estimate of drug-likeness (QED) is 0.532. The second-order valence-corrected chi connectivity index (χ2v) is 5.24. The molecule has 6 heteroatoms. The molecule has 0 saturated heterocycles. The van der Waals surface area contributed by atoms with Gasteiger partial charge < -0.3 is 0 Å². The third-order valence-corrected chi connectivity index (χ3v) is 3.86. The SMILES string of the molecule is Cc1ccccc1-n1c(=O)c2nccn2c2ccc(C=O)nc21. The third-order valence-electron chi connectivity index (χ3n) is 3.86. The van der Waals surface area contributed by atoms with E-state index in [1.165, 1.54) is 4.57 Å². The number of para-hydroxylation sites is 1. The number of rotatable bonds is 2. The lowest BCUT2D eigenvalue weighted by atomic mass is 10.2. The van der Waals surface area contributed by atoms with Gasteiger partial charge in [0.1, 0.15) is 5.69 Å². The fourth-order valence-electron chi connectivity index (χ4n) is 2.76. The maximum atomic E-state index is 12.9. The van der Waals surface area contributed by atoms with Crippen LogP contribution >= 0.6 is 0 Å². The van der Waals surface area contributed by atoms with Crippen molar-refractivity contribution in [1.29, 1.82) is 0 Å². The third kappa shape index (κ3) is 1.88. The van der Waals surface area contributed by atoms with Crippen LogP contribution in [-0.4, -0.2) is 25.2 Å². The van der Waals surface area contributed by atoms with E-state index in [4.69, 9.17) is 0 Å². The van der Waals surface area contributed by atoms with Crippen molar-refractivity contribution < 1.29 is 4.79 Å². The number of fused-ring (bicyclic) bond motifs is 3. The lowest BCUT2D eigenvalue weighted by Crippen LogP contribution is -2.23. The van der Waals surface area contributed by atoms with Gasteiger partial charge in [-0.3, -0.25) is 18.6 Å². The smallest absolute Gasteiger partial charge is 0.296 e. The molecule has 6 nitrogen and oxygen atoms in total. The molecule has 1 aromatic carbocycles. The number of benzene rings is 1. The zero-order valence-corrected chi connectivity index (χ0v) is 12.3. The standard InChI is InChI=1S/C17H12N4O2/c1-11-4-2-3-5-13(11)21-15-14(7-6-12(10-22)19-15)20-9-8-18-16(20)17(21)23/h2-10H,1H3. The van der Waals surface area contributed by atoms with Crippen molar-refractivity contribution in [3.63, 3.8) is 0 Å². The molecule has 0 atom stereocenters. The van der Waals surface area contributed by atoms with Crippen molar-refractivity contribution >= 4 is 23.1 Å². The van der Waals surface area contributed by atoms with Gasteiger partial charge in [0.25, 0.3) is 5.56 Å².